The van der Waals surface area contributed by atoms with Crippen LogP contribution in [0.3, 0.4) is 0 Å². The maximum atomic E-state index is 14.7. The lowest BCUT2D eigenvalue weighted by molar-refractivity contribution is -0.607. The third-order valence-electron chi connectivity index (χ3n) is 5.13. The van der Waals surface area contributed by atoms with E-state index in [0.717, 1.165) is 30.5 Å². The summed E-state index contributed by atoms with van der Waals surface area (Å²) >= 11 is 0. The van der Waals surface area contributed by atoms with Gasteiger partial charge in [0.05, 0.1) is 35.0 Å². The molecular weight excluding hydrogens is 512 g/mol. The van der Waals surface area contributed by atoms with Crippen molar-refractivity contribution in [2.75, 3.05) is 17.7 Å². The Morgan fingerprint density at radius 3 is 2.42 bits per heavy atom. The number of halogens is 4. The molecule has 3 amide bonds. The molecule has 2 aromatic heterocycles. The summed E-state index contributed by atoms with van der Waals surface area (Å²) in [5.74, 6) is -1.51. The van der Waals surface area contributed by atoms with Crippen molar-refractivity contribution in [2.24, 2.45) is 0 Å². The van der Waals surface area contributed by atoms with E-state index < -0.39 is 29.5 Å². The predicted molar refractivity (Wildman–Crippen MR) is 126 cm³/mol. The Morgan fingerprint density at radius 1 is 1.03 bits per heavy atom. The first kappa shape index (κ1) is 25.9. The van der Waals surface area contributed by atoms with Gasteiger partial charge in [-0.2, -0.15) is 17.9 Å². The number of ether oxygens (including phenoxy) is 1. The van der Waals surface area contributed by atoms with Crippen LogP contribution in [0.25, 0.3) is 5.69 Å². The quantitative estimate of drug-likeness (QED) is 0.193. The molecule has 4 aromatic rings. The number of alkyl halides is 3. The second kappa shape index (κ2) is 10.5. The summed E-state index contributed by atoms with van der Waals surface area (Å²) in [6.45, 7) is 0. The topological polar surface area (TPSA) is 124 Å². The fraction of sp³-hybridized carbons (Fsp3) is 0.0833. The van der Waals surface area contributed by atoms with Crippen LogP contribution in [0.1, 0.15) is 16.1 Å². The van der Waals surface area contributed by atoms with Crippen LogP contribution in [-0.4, -0.2) is 28.5 Å². The lowest BCUT2D eigenvalue weighted by Gasteiger charge is -2.16. The molecule has 2 heterocycles. The number of carbonyl (C=O) groups excluding carboxylic acids is 2. The number of imidazole rings is 1. The average Bonchev–Trinajstić information content (AvgIpc) is 3.40. The van der Waals surface area contributed by atoms with Gasteiger partial charge in [-0.05, 0) is 30.3 Å². The maximum absolute atomic E-state index is 14.7. The number of hydrogen-bond donors (Lipinski definition) is 3. The van der Waals surface area contributed by atoms with Gasteiger partial charge >= 0.3 is 18.1 Å². The van der Waals surface area contributed by atoms with Crippen LogP contribution >= 0.6 is 0 Å². The fourth-order valence-corrected chi connectivity index (χ4v) is 3.34. The van der Waals surface area contributed by atoms with E-state index in [2.05, 4.69) is 20.9 Å². The van der Waals surface area contributed by atoms with E-state index in [1.807, 2.05) is 0 Å². The predicted octanol–water partition coefficient (Wildman–Crippen LogP) is 4.46. The van der Waals surface area contributed by atoms with Gasteiger partial charge in [-0.25, -0.2) is 14.2 Å². The summed E-state index contributed by atoms with van der Waals surface area (Å²) in [6, 6.07) is 7.62. The lowest BCUT2D eigenvalue weighted by atomic mass is 10.1. The maximum Gasteiger partial charge on any atom is 0.416 e. The Hall–Kier alpha value is -5.14. The molecule has 0 spiro atoms. The number of nitrogens with one attached hydrogen (secondary N) is 3. The van der Waals surface area contributed by atoms with Crippen molar-refractivity contribution in [1.29, 1.82) is 0 Å². The zero-order chi connectivity index (χ0) is 27.4. The molecule has 0 saturated heterocycles. The molecule has 0 unspecified atom stereocenters. The highest BCUT2D eigenvalue weighted by Crippen LogP contribution is 2.33. The highest BCUT2D eigenvalue weighted by atomic mass is 19.4. The summed E-state index contributed by atoms with van der Waals surface area (Å²) in [6.07, 6.45) is 0.613. The molecule has 38 heavy (non-hydrogen) atoms. The van der Waals surface area contributed by atoms with E-state index in [0.29, 0.717) is 4.73 Å². The molecule has 0 aliphatic rings. The molecule has 10 nitrogen and oxygen atoms in total. The van der Waals surface area contributed by atoms with Crippen molar-refractivity contribution in [3.8, 4) is 17.2 Å². The summed E-state index contributed by atoms with van der Waals surface area (Å²) in [5, 5.41) is 18.6. The van der Waals surface area contributed by atoms with Gasteiger partial charge in [0, 0.05) is 31.6 Å². The van der Waals surface area contributed by atoms with Gasteiger partial charge in [-0.1, -0.05) is 0 Å². The van der Waals surface area contributed by atoms with Crippen molar-refractivity contribution in [3.63, 3.8) is 0 Å². The van der Waals surface area contributed by atoms with Crippen LogP contribution in [0.15, 0.2) is 73.4 Å². The van der Waals surface area contributed by atoms with E-state index in [9.17, 15) is 32.4 Å². The van der Waals surface area contributed by atoms with Crippen LogP contribution in [0.2, 0.25) is 0 Å². The third kappa shape index (κ3) is 5.80. The number of urea groups is 1. The summed E-state index contributed by atoms with van der Waals surface area (Å²) in [5.41, 5.74) is -1.52. The number of hydrogen-bond acceptors (Lipinski definition) is 5. The lowest BCUT2D eigenvalue weighted by Crippen LogP contribution is -2.37. The highest BCUT2D eigenvalue weighted by Gasteiger charge is 2.31. The van der Waals surface area contributed by atoms with Crippen LogP contribution in [0.4, 0.5) is 33.7 Å². The monoisotopic (exact) mass is 530 g/mol. The first-order valence-corrected chi connectivity index (χ1v) is 10.8. The number of carbonyl (C=O) groups is 2. The van der Waals surface area contributed by atoms with Crippen molar-refractivity contribution in [1.82, 2.24) is 14.9 Å². The average molecular weight is 530 g/mol. The first-order chi connectivity index (χ1) is 18.0. The van der Waals surface area contributed by atoms with Crippen molar-refractivity contribution >= 4 is 23.3 Å². The minimum Gasteiger partial charge on any atom is -0.618 e. The Morgan fingerprint density at radius 2 is 1.76 bits per heavy atom. The molecule has 0 radical (unpaired) electrons. The molecule has 0 atom stereocenters. The van der Waals surface area contributed by atoms with E-state index in [4.69, 9.17) is 4.74 Å². The molecule has 0 aliphatic carbocycles. The molecule has 14 heteroatoms. The van der Waals surface area contributed by atoms with Crippen molar-refractivity contribution in [3.05, 3.63) is 95.7 Å². The van der Waals surface area contributed by atoms with E-state index in [-0.39, 0.29) is 34.3 Å². The van der Waals surface area contributed by atoms with E-state index in [1.165, 1.54) is 54.6 Å². The number of aromatic nitrogens is 3. The van der Waals surface area contributed by atoms with Gasteiger partial charge in [0.15, 0.2) is 6.20 Å². The van der Waals surface area contributed by atoms with Crippen molar-refractivity contribution in [2.45, 2.75) is 6.18 Å². The molecule has 3 N–H and O–H groups in total. The SMILES string of the molecule is CNC(=O)c1cc(Oc2ccc(NC(=O)Nc3cc(C(F)(F)F)ccc3-n3ccnc3)c(F)c2)cc[n+]1[O-]. The number of benzene rings is 2. The molecule has 0 saturated carbocycles. The number of pyridine rings is 1. The number of amides is 3. The molecule has 0 aliphatic heterocycles. The fourth-order valence-electron chi connectivity index (χ4n) is 3.34. The summed E-state index contributed by atoms with van der Waals surface area (Å²) in [4.78, 5) is 28.2. The highest BCUT2D eigenvalue weighted by molar-refractivity contribution is 6.01. The van der Waals surface area contributed by atoms with Gasteiger partial charge < -0.3 is 30.5 Å². The van der Waals surface area contributed by atoms with Gasteiger partial charge in [-0.15, -0.1) is 0 Å². The third-order valence-corrected chi connectivity index (χ3v) is 5.13. The summed E-state index contributed by atoms with van der Waals surface area (Å²) < 4.78 is 61.6. The van der Waals surface area contributed by atoms with Crippen LogP contribution in [0, 0.1) is 11.0 Å². The Kier molecular flexibility index (Phi) is 7.14. The zero-order valence-electron chi connectivity index (χ0n) is 19.4. The van der Waals surface area contributed by atoms with Crippen LogP contribution in [0.5, 0.6) is 11.5 Å². The largest absolute Gasteiger partial charge is 0.618 e. The molecule has 0 bridgehead atoms. The molecule has 2 aromatic carbocycles. The van der Waals surface area contributed by atoms with Gasteiger partial charge in [0.1, 0.15) is 17.3 Å². The van der Waals surface area contributed by atoms with Crippen molar-refractivity contribution < 1.29 is 36.6 Å². The smallest absolute Gasteiger partial charge is 0.416 e. The van der Waals surface area contributed by atoms with Crippen LogP contribution in [-0.2, 0) is 6.18 Å². The molecule has 196 valence electrons. The minimum atomic E-state index is -4.66. The van der Waals surface area contributed by atoms with Crippen LogP contribution < -0.4 is 25.4 Å². The molecule has 4 rings (SSSR count). The molecule has 0 fully saturated rings. The standard InChI is InChI=1S/C24H18F4N6O4/c1-29-22(35)21-12-16(6-8-34(21)37)38-15-3-4-18(17(25)11-15)31-23(36)32-19-10-14(24(26,27)28)2-5-20(19)33-9-7-30-13-33/h2-13H,1H3,(H,29,35)(H2,31,32,36). The Balaban J connectivity index is 1.51. The first-order valence-electron chi connectivity index (χ1n) is 10.8. The second-order valence-electron chi connectivity index (χ2n) is 7.68. The Bertz CT molecular complexity index is 1490. The van der Waals surface area contributed by atoms with Gasteiger partial charge in [0.2, 0.25) is 0 Å². The zero-order valence-corrected chi connectivity index (χ0v) is 19.4. The molecular formula is C24H18F4N6O4. The van der Waals surface area contributed by atoms with E-state index in [1.54, 1.807) is 0 Å². The normalized spacial score (nSPS) is 11.1. The van der Waals surface area contributed by atoms with Gasteiger partial charge in [0.25, 0.3) is 5.69 Å². The summed E-state index contributed by atoms with van der Waals surface area (Å²) in [7, 11) is 1.35. The number of nitrogens with zero attached hydrogens (tertiary/aromatic N) is 3. The minimum absolute atomic E-state index is 0.0137. The number of anilines is 2. The number of rotatable bonds is 6. The van der Waals surface area contributed by atoms with Gasteiger partial charge in [-0.3, -0.25) is 4.79 Å². The Labute approximate surface area is 212 Å². The second-order valence-corrected chi connectivity index (χ2v) is 7.68. The van der Waals surface area contributed by atoms with E-state index >= 15 is 0 Å².